The lowest BCUT2D eigenvalue weighted by atomic mass is 9.95. The second-order valence-electron chi connectivity index (χ2n) is 5.59. The Hall–Kier alpha value is -1.73. The van der Waals surface area contributed by atoms with Crippen LogP contribution in [0.4, 0.5) is 8.78 Å². The monoisotopic (exact) mass is 361 g/mol. The quantitative estimate of drug-likeness (QED) is 0.783. The molecule has 0 spiro atoms. The highest BCUT2D eigenvalue weighted by atomic mass is 35.5. The summed E-state index contributed by atoms with van der Waals surface area (Å²) >= 11 is 0. The highest BCUT2D eigenvalue weighted by Gasteiger charge is 2.28. The smallest absolute Gasteiger partial charge is 0.256 e. The number of halogens is 3. The summed E-state index contributed by atoms with van der Waals surface area (Å²) in [5.74, 6) is -2.18. The van der Waals surface area contributed by atoms with Crippen molar-refractivity contribution in [1.82, 2.24) is 15.5 Å². The number of rotatable bonds is 5. The van der Waals surface area contributed by atoms with Crippen molar-refractivity contribution in [1.29, 1.82) is 0 Å². The summed E-state index contributed by atoms with van der Waals surface area (Å²) in [5, 5.41) is 5.78. The number of nitrogens with one attached hydrogen (secondary N) is 2. The first-order chi connectivity index (χ1) is 11.0. The topological polar surface area (TPSA) is 61.4 Å². The van der Waals surface area contributed by atoms with Gasteiger partial charge in [-0.15, -0.1) is 12.4 Å². The molecule has 24 heavy (non-hydrogen) atoms. The number of amides is 2. The highest BCUT2D eigenvalue weighted by molar-refractivity contribution is 5.94. The van der Waals surface area contributed by atoms with Crippen LogP contribution in [0.25, 0.3) is 0 Å². The van der Waals surface area contributed by atoms with Crippen LogP contribution in [0.15, 0.2) is 18.2 Å². The van der Waals surface area contributed by atoms with E-state index in [9.17, 15) is 18.4 Å². The van der Waals surface area contributed by atoms with Gasteiger partial charge in [0.15, 0.2) is 0 Å². The van der Waals surface area contributed by atoms with Crippen LogP contribution in [0.1, 0.15) is 23.2 Å². The normalized spacial score (nSPS) is 14.9. The molecule has 1 aromatic rings. The largest absolute Gasteiger partial charge is 0.355 e. The van der Waals surface area contributed by atoms with Crippen molar-refractivity contribution in [2.75, 3.05) is 33.2 Å². The second kappa shape index (κ2) is 9.54. The van der Waals surface area contributed by atoms with Gasteiger partial charge < -0.3 is 15.5 Å². The molecule has 134 valence electrons. The third-order valence-electron chi connectivity index (χ3n) is 3.99. The summed E-state index contributed by atoms with van der Waals surface area (Å²) in [5.41, 5.74) is -0.136. The molecule has 1 saturated heterocycles. The minimum Gasteiger partial charge on any atom is -0.355 e. The van der Waals surface area contributed by atoms with Crippen LogP contribution in [-0.2, 0) is 4.79 Å². The Morgan fingerprint density at radius 2 is 1.88 bits per heavy atom. The average Bonchev–Trinajstić information content (AvgIpc) is 2.54. The van der Waals surface area contributed by atoms with Crippen LogP contribution in [0.5, 0.6) is 0 Å². The van der Waals surface area contributed by atoms with E-state index in [0.29, 0.717) is 45.1 Å². The summed E-state index contributed by atoms with van der Waals surface area (Å²) in [7, 11) is 1.81. The zero-order chi connectivity index (χ0) is 16.8. The molecule has 2 N–H and O–H groups in total. The Labute approximate surface area is 146 Å². The molecule has 0 aliphatic carbocycles. The van der Waals surface area contributed by atoms with Gasteiger partial charge in [0.05, 0.1) is 5.56 Å². The molecule has 0 unspecified atom stereocenters. The minimum absolute atomic E-state index is 0. The lowest BCUT2D eigenvalue weighted by molar-refractivity contribution is -0.126. The molecule has 1 heterocycles. The molecule has 0 saturated carbocycles. The van der Waals surface area contributed by atoms with Gasteiger partial charge in [-0.05, 0) is 32.0 Å². The van der Waals surface area contributed by atoms with Gasteiger partial charge in [0.2, 0.25) is 5.91 Å². The van der Waals surface area contributed by atoms with E-state index in [1.165, 1.54) is 4.90 Å². The van der Waals surface area contributed by atoms with E-state index in [1.54, 1.807) is 0 Å². The molecular formula is C16H22ClF2N3O2. The Kier molecular flexibility index (Phi) is 8.07. The molecule has 1 fully saturated rings. The van der Waals surface area contributed by atoms with Crippen molar-refractivity contribution in [3.8, 4) is 0 Å². The fourth-order valence-electron chi connectivity index (χ4n) is 2.63. The van der Waals surface area contributed by atoms with Crippen LogP contribution in [0.3, 0.4) is 0 Å². The van der Waals surface area contributed by atoms with Crippen LogP contribution in [0, 0.1) is 17.6 Å². The van der Waals surface area contributed by atoms with E-state index in [-0.39, 0.29) is 29.8 Å². The van der Waals surface area contributed by atoms with Crippen molar-refractivity contribution in [3.63, 3.8) is 0 Å². The number of likely N-dealkylation sites (N-methyl/N-ethyl adjacent to an activating group) is 1. The molecule has 1 aromatic carbocycles. The Morgan fingerprint density at radius 3 is 2.46 bits per heavy atom. The summed E-state index contributed by atoms with van der Waals surface area (Å²) in [6, 6.07) is 2.93. The molecule has 8 heteroatoms. The molecule has 1 aliphatic rings. The molecule has 0 radical (unpaired) electrons. The molecule has 0 bridgehead atoms. The van der Waals surface area contributed by atoms with E-state index < -0.39 is 17.5 Å². The maximum Gasteiger partial charge on any atom is 0.256 e. The fourth-order valence-corrected chi connectivity index (χ4v) is 2.63. The summed E-state index contributed by atoms with van der Waals surface area (Å²) in [4.78, 5) is 25.7. The predicted octanol–water partition coefficient (Wildman–Crippen LogP) is 1.57. The van der Waals surface area contributed by atoms with Crippen LogP contribution in [0.2, 0.25) is 0 Å². The first-order valence-electron chi connectivity index (χ1n) is 7.69. The number of hydrogen-bond acceptors (Lipinski definition) is 3. The van der Waals surface area contributed by atoms with Gasteiger partial charge in [0.1, 0.15) is 11.6 Å². The fraction of sp³-hybridized carbons (Fsp3) is 0.500. The third-order valence-corrected chi connectivity index (χ3v) is 3.99. The van der Waals surface area contributed by atoms with Gasteiger partial charge >= 0.3 is 0 Å². The summed E-state index contributed by atoms with van der Waals surface area (Å²) in [6.07, 6.45) is 1.08. The lowest BCUT2D eigenvalue weighted by Crippen LogP contribution is -2.44. The van der Waals surface area contributed by atoms with Gasteiger partial charge in [0.25, 0.3) is 5.91 Å². The Morgan fingerprint density at radius 1 is 1.21 bits per heavy atom. The summed E-state index contributed by atoms with van der Waals surface area (Å²) in [6.45, 7) is 2.04. The van der Waals surface area contributed by atoms with Gasteiger partial charge in [-0.25, -0.2) is 8.78 Å². The molecule has 1 aliphatic heterocycles. The number of hydrogen-bond donors (Lipinski definition) is 2. The van der Waals surface area contributed by atoms with Crippen LogP contribution < -0.4 is 10.6 Å². The molecule has 0 aromatic heterocycles. The van der Waals surface area contributed by atoms with Crippen molar-refractivity contribution < 1.29 is 18.4 Å². The summed E-state index contributed by atoms with van der Waals surface area (Å²) < 4.78 is 26.6. The molecule has 0 atom stereocenters. The van der Waals surface area contributed by atoms with Gasteiger partial charge in [-0.2, -0.15) is 0 Å². The number of carbonyl (C=O) groups excluding carboxylic acids is 2. The number of likely N-dealkylation sites (tertiary alicyclic amines) is 1. The zero-order valence-electron chi connectivity index (χ0n) is 13.5. The number of carbonyl (C=O) groups is 2. The second-order valence-corrected chi connectivity index (χ2v) is 5.59. The maximum absolute atomic E-state index is 13.7. The molecule has 2 amide bonds. The van der Waals surface area contributed by atoms with Gasteiger partial charge in [0, 0.05) is 38.2 Å². The van der Waals surface area contributed by atoms with Crippen LogP contribution in [-0.4, -0.2) is 49.9 Å². The van der Waals surface area contributed by atoms with Gasteiger partial charge in [-0.1, -0.05) is 0 Å². The Bertz CT molecular complexity index is 578. The molecular weight excluding hydrogens is 340 g/mol. The van der Waals surface area contributed by atoms with Gasteiger partial charge in [-0.3, -0.25) is 9.59 Å². The van der Waals surface area contributed by atoms with E-state index >= 15 is 0 Å². The average molecular weight is 362 g/mol. The van der Waals surface area contributed by atoms with Crippen molar-refractivity contribution >= 4 is 24.2 Å². The molecule has 5 nitrogen and oxygen atoms in total. The zero-order valence-corrected chi connectivity index (χ0v) is 14.3. The van der Waals surface area contributed by atoms with E-state index in [4.69, 9.17) is 0 Å². The standard InChI is InChI=1S/C16H21F2N3O2.ClH/c1-19-6-7-20-15(22)11-4-8-21(9-5-11)16(23)13-3-2-12(17)10-14(13)18;/h2-3,10-11,19H,4-9H2,1H3,(H,20,22);1H. The minimum atomic E-state index is -0.859. The maximum atomic E-state index is 13.7. The van der Waals surface area contributed by atoms with Crippen molar-refractivity contribution in [3.05, 3.63) is 35.4 Å². The highest BCUT2D eigenvalue weighted by Crippen LogP contribution is 2.20. The first kappa shape index (κ1) is 20.3. The van der Waals surface area contributed by atoms with E-state index in [0.717, 1.165) is 12.1 Å². The lowest BCUT2D eigenvalue weighted by Gasteiger charge is -2.31. The van der Waals surface area contributed by atoms with E-state index in [2.05, 4.69) is 10.6 Å². The number of benzene rings is 1. The number of nitrogens with zero attached hydrogens (tertiary/aromatic N) is 1. The van der Waals surface area contributed by atoms with Crippen molar-refractivity contribution in [2.24, 2.45) is 5.92 Å². The van der Waals surface area contributed by atoms with E-state index in [1.807, 2.05) is 7.05 Å². The first-order valence-corrected chi connectivity index (χ1v) is 7.69. The SMILES string of the molecule is CNCCNC(=O)C1CCN(C(=O)c2ccc(F)cc2F)CC1.Cl. The molecule has 2 rings (SSSR count). The third kappa shape index (κ3) is 5.14. The van der Waals surface area contributed by atoms with Crippen LogP contribution >= 0.6 is 12.4 Å². The van der Waals surface area contributed by atoms with Crippen molar-refractivity contribution in [2.45, 2.75) is 12.8 Å². The Balaban J connectivity index is 0.00000288. The predicted molar refractivity (Wildman–Crippen MR) is 89.2 cm³/mol. The number of piperidine rings is 1.